The minimum atomic E-state index is -0.155. The Hall–Kier alpha value is -1.36. The molecule has 1 aromatic heterocycles. The number of amides is 1. The topological polar surface area (TPSA) is 50.2 Å². The van der Waals surface area contributed by atoms with E-state index in [2.05, 4.69) is 21.8 Å². The third kappa shape index (κ3) is 2.71. The summed E-state index contributed by atoms with van der Waals surface area (Å²) in [7, 11) is 0. The monoisotopic (exact) mass is 290 g/mol. The first-order valence-electron chi connectivity index (χ1n) is 8.14. The number of aromatic nitrogens is 2. The van der Waals surface area contributed by atoms with Crippen LogP contribution in [0.4, 0.5) is 0 Å². The van der Waals surface area contributed by atoms with Crippen molar-refractivity contribution in [3.8, 4) is 0 Å². The van der Waals surface area contributed by atoms with E-state index in [1.807, 2.05) is 24.3 Å². The maximum Gasteiger partial charge on any atom is 0.245 e. The summed E-state index contributed by atoms with van der Waals surface area (Å²) in [6, 6.07) is -0.155. The molecule has 2 saturated heterocycles. The molecule has 5 nitrogen and oxygen atoms in total. The first-order valence-corrected chi connectivity index (χ1v) is 8.14. The summed E-state index contributed by atoms with van der Waals surface area (Å²) in [5.74, 6) is 0.239. The fourth-order valence-electron chi connectivity index (χ4n) is 3.61. The Balaban J connectivity index is 1.80. The number of piperidine rings is 1. The largest absolute Gasteiger partial charge is 0.341 e. The molecular formula is C16H26N4O. The molecule has 0 aliphatic carbocycles. The number of imidazole rings is 1. The van der Waals surface area contributed by atoms with Crippen molar-refractivity contribution in [1.29, 1.82) is 0 Å². The van der Waals surface area contributed by atoms with Crippen LogP contribution in [0.1, 0.15) is 51.3 Å². The van der Waals surface area contributed by atoms with Gasteiger partial charge in [0.2, 0.25) is 5.91 Å². The van der Waals surface area contributed by atoms with Crippen LogP contribution in [0.5, 0.6) is 0 Å². The van der Waals surface area contributed by atoms with Crippen molar-refractivity contribution in [1.82, 2.24) is 19.8 Å². The lowest BCUT2D eigenvalue weighted by Gasteiger charge is -2.32. The highest BCUT2D eigenvalue weighted by molar-refractivity contribution is 5.80. The molecular weight excluding hydrogens is 264 g/mol. The van der Waals surface area contributed by atoms with E-state index in [0.29, 0.717) is 0 Å². The van der Waals surface area contributed by atoms with Crippen LogP contribution >= 0.6 is 0 Å². The molecule has 0 aromatic carbocycles. The van der Waals surface area contributed by atoms with Crippen molar-refractivity contribution in [3.05, 3.63) is 18.2 Å². The van der Waals surface area contributed by atoms with Crippen LogP contribution in [0.25, 0.3) is 0 Å². The predicted octanol–water partition coefficient (Wildman–Crippen LogP) is 1.71. The van der Waals surface area contributed by atoms with Crippen LogP contribution < -0.4 is 5.32 Å². The van der Waals surface area contributed by atoms with Crippen LogP contribution in [0.3, 0.4) is 0 Å². The number of hydrogen-bond donors (Lipinski definition) is 1. The van der Waals surface area contributed by atoms with E-state index in [0.717, 1.165) is 45.4 Å². The van der Waals surface area contributed by atoms with Crippen molar-refractivity contribution in [3.63, 3.8) is 0 Å². The van der Waals surface area contributed by atoms with Gasteiger partial charge in [-0.05, 0) is 39.2 Å². The number of carbonyl (C=O) groups excluding carboxylic acids is 1. The molecule has 3 heterocycles. The highest BCUT2D eigenvalue weighted by atomic mass is 16.2. The lowest BCUT2D eigenvalue weighted by Crippen LogP contribution is -2.40. The number of hydrogen-bond acceptors (Lipinski definition) is 3. The van der Waals surface area contributed by atoms with E-state index >= 15 is 0 Å². The number of carbonyl (C=O) groups is 1. The molecule has 21 heavy (non-hydrogen) atoms. The molecule has 2 unspecified atom stereocenters. The maximum atomic E-state index is 12.7. The van der Waals surface area contributed by atoms with Gasteiger partial charge < -0.3 is 14.8 Å². The summed E-state index contributed by atoms with van der Waals surface area (Å²) in [4.78, 5) is 19.1. The van der Waals surface area contributed by atoms with E-state index in [1.54, 1.807) is 0 Å². The van der Waals surface area contributed by atoms with Gasteiger partial charge in [0, 0.05) is 36.9 Å². The summed E-state index contributed by atoms with van der Waals surface area (Å²) in [5.41, 5.74) is 1.28. The second kappa shape index (κ2) is 5.79. The third-order valence-corrected chi connectivity index (χ3v) is 5.10. The average Bonchev–Trinajstić information content (AvgIpc) is 3.16. The van der Waals surface area contributed by atoms with Gasteiger partial charge in [-0.2, -0.15) is 0 Å². The van der Waals surface area contributed by atoms with Crippen molar-refractivity contribution in [2.75, 3.05) is 26.2 Å². The van der Waals surface area contributed by atoms with Crippen LogP contribution in [0, 0.1) is 0 Å². The third-order valence-electron chi connectivity index (χ3n) is 5.10. The van der Waals surface area contributed by atoms with Crippen LogP contribution in [-0.2, 0) is 10.2 Å². The van der Waals surface area contributed by atoms with Gasteiger partial charge in [0.1, 0.15) is 6.04 Å². The summed E-state index contributed by atoms with van der Waals surface area (Å²) in [6.07, 6.45) is 8.38. The van der Waals surface area contributed by atoms with E-state index in [1.165, 1.54) is 12.1 Å². The molecule has 2 aliphatic rings. The quantitative estimate of drug-likeness (QED) is 0.922. The lowest BCUT2D eigenvalue weighted by atomic mass is 9.86. The fourth-order valence-corrected chi connectivity index (χ4v) is 3.61. The molecule has 0 radical (unpaired) electrons. The van der Waals surface area contributed by atoms with Crippen LogP contribution in [0.15, 0.2) is 12.5 Å². The van der Waals surface area contributed by atoms with Crippen LogP contribution in [-0.4, -0.2) is 46.5 Å². The minimum Gasteiger partial charge on any atom is -0.341 e. The van der Waals surface area contributed by atoms with E-state index < -0.39 is 0 Å². The second-order valence-corrected chi connectivity index (χ2v) is 6.74. The molecule has 0 bridgehead atoms. The van der Waals surface area contributed by atoms with Gasteiger partial charge in [0.25, 0.3) is 0 Å². The molecule has 116 valence electrons. The zero-order chi connectivity index (χ0) is 14.9. The molecule has 2 aliphatic heterocycles. The number of likely N-dealkylation sites (tertiary alicyclic amines) is 1. The Kier molecular flexibility index (Phi) is 4.02. The molecule has 2 fully saturated rings. The molecule has 0 spiro atoms. The van der Waals surface area contributed by atoms with Crippen molar-refractivity contribution >= 4 is 5.91 Å². The van der Waals surface area contributed by atoms with E-state index in [-0.39, 0.29) is 17.4 Å². The first kappa shape index (κ1) is 14.6. The zero-order valence-corrected chi connectivity index (χ0v) is 13.1. The number of nitrogens with zero attached hydrogens (tertiary/aromatic N) is 3. The summed E-state index contributed by atoms with van der Waals surface area (Å²) >= 11 is 0. The Labute approximate surface area is 126 Å². The van der Waals surface area contributed by atoms with E-state index in [4.69, 9.17) is 0 Å². The Morgan fingerprint density at radius 3 is 2.81 bits per heavy atom. The van der Waals surface area contributed by atoms with Gasteiger partial charge >= 0.3 is 0 Å². The van der Waals surface area contributed by atoms with Crippen molar-refractivity contribution < 1.29 is 4.79 Å². The number of nitrogens with one attached hydrogen (secondary N) is 1. The predicted molar refractivity (Wildman–Crippen MR) is 82.2 cm³/mol. The number of rotatable bonds is 3. The van der Waals surface area contributed by atoms with Gasteiger partial charge in [-0.1, -0.05) is 6.92 Å². The Bertz CT molecular complexity index is 498. The molecule has 3 rings (SSSR count). The van der Waals surface area contributed by atoms with Gasteiger partial charge in [-0.15, -0.1) is 0 Å². The van der Waals surface area contributed by atoms with Gasteiger partial charge in [0.15, 0.2) is 0 Å². The standard InChI is InChI=1S/C16H26N4O/c1-13(15(21)19-8-4-3-5-9-19)20-12-18-10-14(20)16(2)6-7-17-11-16/h10,12-13,17H,3-9,11H2,1-2H3. The summed E-state index contributed by atoms with van der Waals surface area (Å²) < 4.78 is 2.09. The van der Waals surface area contributed by atoms with Gasteiger partial charge in [-0.3, -0.25) is 4.79 Å². The molecule has 5 heteroatoms. The second-order valence-electron chi connectivity index (χ2n) is 6.74. The van der Waals surface area contributed by atoms with E-state index in [9.17, 15) is 4.79 Å². The normalized spacial score (nSPS) is 27.8. The average molecular weight is 290 g/mol. The maximum absolute atomic E-state index is 12.7. The smallest absolute Gasteiger partial charge is 0.245 e. The van der Waals surface area contributed by atoms with Gasteiger partial charge in [-0.25, -0.2) is 4.98 Å². The van der Waals surface area contributed by atoms with Crippen molar-refractivity contribution in [2.45, 2.75) is 51.0 Å². The minimum absolute atomic E-state index is 0.0902. The highest BCUT2D eigenvalue weighted by Gasteiger charge is 2.35. The highest BCUT2D eigenvalue weighted by Crippen LogP contribution is 2.31. The Morgan fingerprint density at radius 1 is 1.38 bits per heavy atom. The molecule has 0 saturated carbocycles. The summed E-state index contributed by atoms with van der Waals surface area (Å²) in [6.45, 7) is 8.09. The molecule has 1 aromatic rings. The van der Waals surface area contributed by atoms with Crippen molar-refractivity contribution in [2.24, 2.45) is 0 Å². The van der Waals surface area contributed by atoms with Crippen LogP contribution in [0.2, 0.25) is 0 Å². The molecule has 1 N–H and O–H groups in total. The molecule has 2 atom stereocenters. The fraction of sp³-hybridized carbons (Fsp3) is 0.750. The zero-order valence-electron chi connectivity index (χ0n) is 13.1. The van der Waals surface area contributed by atoms with Gasteiger partial charge in [0.05, 0.1) is 6.33 Å². The Morgan fingerprint density at radius 2 is 2.14 bits per heavy atom. The lowest BCUT2D eigenvalue weighted by molar-refractivity contribution is -0.135. The SMILES string of the molecule is CC(C(=O)N1CCCCC1)n1cncc1C1(C)CCNC1. The summed E-state index contributed by atoms with van der Waals surface area (Å²) in [5, 5.41) is 3.42. The molecule has 1 amide bonds. The first-order chi connectivity index (χ1) is 10.1.